The summed E-state index contributed by atoms with van der Waals surface area (Å²) in [4.78, 5) is 26.4. The minimum absolute atomic E-state index is 0.0794. The number of rotatable bonds is 6. The molecule has 0 atom stereocenters. The molecule has 1 aliphatic heterocycles. The van der Waals surface area contributed by atoms with E-state index in [1.165, 1.54) is 6.07 Å². The number of hydrogen-bond donors (Lipinski definition) is 2. The van der Waals surface area contributed by atoms with E-state index in [0.717, 1.165) is 31.2 Å². The standard InChI is InChI=1S/C20H30FN3O2/c1-4-16(5-2)19(25)24-10-8-17(9-11-24)23-20(26)22-13-15-6-7-18(21)14(3)12-15/h6-7,12,16-17H,4-5,8-11,13H2,1-3H3,(H2,22,23,26). The predicted octanol–water partition coefficient (Wildman–Crippen LogP) is 3.36. The highest BCUT2D eigenvalue weighted by Gasteiger charge is 2.27. The summed E-state index contributed by atoms with van der Waals surface area (Å²) in [5, 5.41) is 5.78. The van der Waals surface area contributed by atoms with Crippen LogP contribution < -0.4 is 10.6 Å². The molecular weight excluding hydrogens is 333 g/mol. The lowest BCUT2D eigenvalue weighted by atomic mass is 9.98. The van der Waals surface area contributed by atoms with Crippen LogP contribution in [0.1, 0.15) is 50.7 Å². The molecule has 2 rings (SSSR count). The molecule has 26 heavy (non-hydrogen) atoms. The van der Waals surface area contributed by atoms with Crippen molar-refractivity contribution in [2.75, 3.05) is 13.1 Å². The van der Waals surface area contributed by atoms with E-state index in [9.17, 15) is 14.0 Å². The number of carbonyl (C=O) groups is 2. The monoisotopic (exact) mass is 363 g/mol. The quantitative estimate of drug-likeness (QED) is 0.814. The normalized spacial score (nSPS) is 15.2. The van der Waals surface area contributed by atoms with Crippen LogP contribution in [0, 0.1) is 18.7 Å². The maximum atomic E-state index is 13.3. The summed E-state index contributed by atoms with van der Waals surface area (Å²) < 4.78 is 13.3. The van der Waals surface area contributed by atoms with E-state index < -0.39 is 0 Å². The molecule has 1 heterocycles. The third-order valence-electron chi connectivity index (χ3n) is 5.15. The van der Waals surface area contributed by atoms with Crippen LogP contribution in [0.25, 0.3) is 0 Å². The zero-order chi connectivity index (χ0) is 19.1. The predicted molar refractivity (Wildman–Crippen MR) is 100 cm³/mol. The van der Waals surface area contributed by atoms with Gasteiger partial charge in [-0.2, -0.15) is 0 Å². The Morgan fingerprint density at radius 3 is 2.46 bits per heavy atom. The van der Waals surface area contributed by atoms with Crippen LogP contribution in [-0.4, -0.2) is 36.0 Å². The zero-order valence-corrected chi connectivity index (χ0v) is 16.0. The van der Waals surface area contributed by atoms with Crippen molar-refractivity contribution in [1.82, 2.24) is 15.5 Å². The minimum Gasteiger partial charge on any atom is -0.342 e. The van der Waals surface area contributed by atoms with Gasteiger partial charge in [0.2, 0.25) is 5.91 Å². The summed E-state index contributed by atoms with van der Waals surface area (Å²) in [7, 11) is 0. The molecule has 0 spiro atoms. The topological polar surface area (TPSA) is 61.4 Å². The Bertz CT molecular complexity index is 623. The maximum absolute atomic E-state index is 13.3. The van der Waals surface area contributed by atoms with Gasteiger partial charge in [-0.15, -0.1) is 0 Å². The van der Waals surface area contributed by atoms with Crippen molar-refractivity contribution in [3.8, 4) is 0 Å². The van der Waals surface area contributed by atoms with Crippen molar-refractivity contribution in [3.63, 3.8) is 0 Å². The molecule has 1 aromatic carbocycles. The third kappa shape index (κ3) is 5.44. The average molecular weight is 363 g/mol. The van der Waals surface area contributed by atoms with Gasteiger partial charge in [0.25, 0.3) is 0 Å². The van der Waals surface area contributed by atoms with Crippen LogP contribution in [-0.2, 0) is 11.3 Å². The summed E-state index contributed by atoms with van der Waals surface area (Å²) in [5.74, 6) is 0.111. The Kier molecular flexibility index (Phi) is 7.42. The van der Waals surface area contributed by atoms with E-state index in [0.29, 0.717) is 25.2 Å². The van der Waals surface area contributed by atoms with Crippen LogP contribution in [0.5, 0.6) is 0 Å². The zero-order valence-electron chi connectivity index (χ0n) is 16.0. The second kappa shape index (κ2) is 9.55. The highest BCUT2D eigenvalue weighted by molar-refractivity contribution is 5.79. The van der Waals surface area contributed by atoms with E-state index >= 15 is 0 Å². The molecule has 0 aliphatic carbocycles. The lowest BCUT2D eigenvalue weighted by Crippen LogP contribution is -2.50. The number of carbonyl (C=O) groups excluding carboxylic acids is 2. The summed E-state index contributed by atoms with van der Waals surface area (Å²) in [5.41, 5.74) is 1.43. The lowest BCUT2D eigenvalue weighted by Gasteiger charge is -2.34. The number of nitrogens with zero attached hydrogens (tertiary/aromatic N) is 1. The summed E-state index contributed by atoms with van der Waals surface area (Å²) in [6, 6.07) is 4.67. The summed E-state index contributed by atoms with van der Waals surface area (Å²) in [6.45, 7) is 7.55. The Morgan fingerprint density at radius 1 is 1.23 bits per heavy atom. The number of amides is 3. The van der Waals surface area contributed by atoms with Crippen LogP contribution in [0.4, 0.5) is 9.18 Å². The number of nitrogens with one attached hydrogen (secondary N) is 2. The molecule has 0 radical (unpaired) electrons. The average Bonchev–Trinajstić information content (AvgIpc) is 2.64. The number of likely N-dealkylation sites (tertiary alicyclic amines) is 1. The van der Waals surface area contributed by atoms with Crippen molar-refractivity contribution < 1.29 is 14.0 Å². The van der Waals surface area contributed by atoms with Crippen molar-refractivity contribution in [3.05, 3.63) is 35.1 Å². The van der Waals surface area contributed by atoms with Crippen molar-refractivity contribution in [2.24, 2.45) is 5.92 Å². The molecule has 0 aromatic heterocycles. The van der Waals surface area contributed by atoms with E-state index in [1.54, 1.807) is 19.1 Å². The summed E-state index contributed by atoms with van der Waals surface area (Å²) in [6.07, 6.45) is 3.29. The number of halogens is 1. The van der Waals surface area contributed by atoms with Gasteiger partial charge in [-0.3, -0.25) is 4.79 Å². The third-order valence-corrected chi connectivity index (χ3v) is 5.15. The van der Waals surface area contributed by atoms with E-state index in [1.807, 2.05) is 18.7 Å². The number of hydrogen-bond acceptors (Lipinski definition) is 2. The second-order valence-electron chi connectivity index (χ2n) is 7.02. The molecular formula is C20H30FN3O2. The minimum atomic E-state index is -0.243. The van der Waals surface area contributed by atoms with Gasteiger partial charge in [0.1, 0.15) is 5.82 Å². The van der Waals surface area contributed by atoms with Crippen LogP contribution in [0.15, 0.2) is 18.2 Å². The number of piperidine rings is 1. The van der Waals surface area contributed by atoms with Crippen LogP contribution >= 0.6 is 0 Å². The first-order chi connectivity index (χ1) is 12.4. The molecule has 0 bridgehead atoms. The number of urea groups is 1. The molecule has 5 nitrogen and oxygen atoms in total. The van der Waals surface area contributed by atoms with Crippen molar-refractivity contribution in [2.45, 2.75) is 59.0 Å². The summed E-state index contributed by atoms with van der Waals surface area (Å²) >= 11 is 0. The van der Waals surface area contributed by atoms with E-state index in [2.05, 4.69) is 10.6 Å². The Morgan fingerprint density at radius 2 is 1.88 bits per heavy atom. The first kappa shape index (κ1) is 20.2. The van der Waals surface area contributed by atoms with Crippen molar-refractivity contribution >= 4 is 11.9 Å². The molecule has 1 aliphatic rings. The number of benzene rings is 1. The van der Waals surface area contributed by atoms with Gasteiger partial charge < -0.3 is 15.5 Å². The Labute approximate surface area is 155 Å². The maximum Gasteiger partial charge on any atom is 0.315 e. The van der Waals surface area contributed by atoms with Gasteiger partial charge in [0.15, 0.2) is 0 Å². The van der Waals surface area contributed by atoms with Gasteiger partial charge in [0.05, 0.1) is 0 Å². The fraction of sp³-hybridized carbons (Fsp3) is 0.600. The second-order valence-corrected chi connectivity index (χ2v) is 7.02. The van der Waals surface area contributed by atoms with Gasteiger partial charge in [-0.25, -0.2) is 9.18 Å². The van der Waals surface area contributed by atoms with Crippen molar-refractivity contribution in [1.29, 1.82) is 0 Å². The fourth-order valence-electron chi connectivity index (χ4n) is 3.38. The molecule has 0 unspecified atom stereocenters. The Hall–Kier alpha value is -2.11. The molecule has 144 valence electrons. The van der Waals surface area contributed by atoms with E-state index in [4.69, 9.17) is 0 Å². The van der Waals surface area contributed by atoms with E-state index in [-0.39, 0.29) is 29.7 Å². The Balaban J connectivity index is 1.74. The SMILES string of the molecule is CCC(CC)C(=O)N1CCC(NC(=O)NCc2ccc(F)c(C)c2)CC1. The van der Waals surface area contributed by atoms with Crippen LogP contribution in [0.2, 0.25) is 0 Å². The first-order valence-corrected chi connectivity index (χ1v) is 9.52. The van der Waals surface area contributed by atoms with Gasteiger partial charge in [0, 0.05) is 31.6 Å². The lowest BCUT2D eigenvalue weighted by molar-refractivity contribution is -0.136. The number of aryl methyl sites for hydroxylation is 1. The van der Waals surface area contributed by atoms with Gasteiger partial charge in [-0.1, -0.05) is 26.0 Å². The van der Waals surface area contributed by atoms with Crippen LogP contribution in [0.3, 0.4) is 0 Å². The largest absolute Gasteiger partial charge is 0.342 e. The van der Waals surface area contributed by atoms with Gasteiger partial charge in [-0.05, 0) is 49.8 Å². The molecule has 1 aromatic rings. The molecule has 1 fully saturated rings. The smallest absolute Gasteiger partial charge is 0.315 e. The fourth-order valence-corrected chi connectivity index (χ4v) is 3.38. The van der Waals surface area contributed by atoms with Gasteiger partial charge >= 0.3 is 6.03 Å². The first-order valence-electron chi connectivity index (χ1n) is 9.52. The molecule has 1 saturated heterocycles. The molecule has 6 heteroatoms. The molecule has 2 N–H and O–H groups in total. The highest BCUT2D eigenvalue weighted by atomic mass is 19.1. The highest BCUT2D eigenvalue weighted by Crippen LogP contribution is 2.17. The molecule has 0 saturated carbocycles. The molecule has 3 amide bonds.